The second kappa shape index (κ2) is 17.3. The first-order chi connectivity index (χ1) is 21.9. The second-order valence-electron chi connectivity index (χ2n) is 11.5. The van der Waals surface area contributed by atoms with Gasteiger partial charge in [-0.25, -0.2) is 4.79 Å². The van der Waals surface area contributed by atoms with Crippen LogP contribution < -0.4 is 30.2 Å². The lowest BCUT2D eigenvalue weighted by Crippen LogP contribution is -2.38. The number of piperidine rings is 1. The molecule has 3 amide bonds. The molecule has 0 atom stereocenters. The molecule has 0 bridgehead atoms. The SMILES string of the molecule is CCCCCNC(=O)Nc1ccc(Oc2ccc(NC(=O)c3ccc(OC4CCN(CCCC)CC4)c(C)c3)c(OC)c2)cc1. The van der Waals surface area contributed by atoms with E-state index in [1.54, 1.807) is 55.6 Å². The van der Waals surface area contributed by atoms with Crippen LogP contribution in [0.3, 0.4) is 0 Å². The maximum atomic E-state index is 13.2. The van der Waals surface area contributed by atoms with E-state index in [2.05, 4.69) is 34.7 Å². The lowest BCUT2D eigenvalue weighted by Gasteiger charge is -2.32. The van der Waals surface area contributed by atoms with Crippen molar-refractivity contribution in [3.8, 4) is 23.0 Å². The summed E-state index contributed by atoms with van der Waals surface area (Å²) in [4.78, 5) is 27.7. The van der Waals surface area contributed by atoms with Gasteiger partial charge in [0.25, 0.3) is 5.91 Å². The predicted molar refractivity (Wildman–Crippen MR) is 180 cm³/mol. The summed E-state index contributed by atoms with van der Waals surface area (Å²) in [6, 6.07) is 17.7. The van der Waals surface area contributed by atoms with E-state index in [1.807, 2.05) is 19.1 Å². The van der Waals surface area contributed by atoms with Crippen molar-refractivity contribution in [2.24, 2.45) is 0 Å². The Morgan fingerprint density at radius 2 is 1.58 bits per heavy atom. The van der Waals surface area contributed by atoms with Crippen LogP contribution in [-0.2, 0) is 0 Å². The molecule has 3 aromatic rings. The van der Waals surface area contributed by atoms with Crippen LogP contribution in [0.25, 0.3) is 0 Å². The Bertz CT molecular complexity index is 1390. The quantitative estimate of drug-likeness (QED) is 0.150. The molecule has 4 rings (SSSR count). The molecule has 3 N–H and O–H groups in total. The van der Waals surface area contributed by atoms with E-state index in [0.29, 0.717) is 40.7 Å². The standard InChI is InChI=1S/C36H48N4O5/c1-5-7-9-20-37-36(42)38-28-11-13-29(14-12-28)44-31-15-16-32(34(25-31)43-4)39-35(41)27-10-17-33(26(3)24-27)45-30-18-22-40(23-19-30)21-8-6-2/h10-17,24-25,30H,5-9,18-23H2,1-4H3,(H,39,41)(H2,37,38,42). The van der Waals surface area contributed by atoms with Crippen molar-refractivity contribution < 1.29 is 23.8 Å². The molecule has 45 heavy (non-hydrogen) atoms. The Morgan fingerprint density at radius 3 is 2.27 bits per heavy atom. The first kappa shape index (κ1) is 33.6. The maximum absolute atomic E-state index is 13.2. The van der Waals surface area contributed by atoms with Crippen molar-refractivity contribution in [3.05, 3.63) is 71.8 Å². The molecule has 0 unspecified atom stereocenters. The van der Waals surface area contributed by atoms with E-state index < -0.39 is 0 Å². The van der Waals surface area contributed by atoms with Crippen molar-refractivity contribution in [2.75, 3.05) is 43.9 Å². The van der Waals surface area contributed by atoms with Crippen LogP contribution in [0.4, 0.5) is 16.2 Å². The number of nitrogens with one attached hydrogen (secondary N) is 3. The van der Waals surface area contributed by atoms with E-state index in [1.165, 1.54) is 19.4 Å². The molecule has 0 saturated carbocycles. The topological polar surface area (TPSA) is 101 Å². The van der Waals surface area contributed by atoms with Crippen LogP contribution in [0.5, 0.6) is 23.0 Å². The lowest BCUT2D eigenvalue weighted by atomic mass is 10.1. The number of nitrogens with zero attached hydrogens (tertiary/aromatic N) is 1. The third-order valence-corrected chi connectivity index (χ3v) is 7.93. The number of rotatable bonds is 15. The fourth-order valence-electron chi connectivity index (χ4n) is 5.26. The molecule has 0 aliphatic carbocycles. The Hall–Kier alpha value is -4.24. The van der Waals surface area contributed by atoms with Crippen LogP contribution >= 0.6 is 0 Å². The molecule has 9 heteroatoms. The van der Waals surface area contributed by atoms with E-state index in [9.17, 15) is 9.59 Å². The maximum Gasteiger partial charge on any atom is 0.319 e. The summed E-state index contributed by atoms with van der Waals surface area (Å²) >= 11 is 0. The molecule has 1 aliphatic rings. The Kier molecular flexibility index (Phi) is 12.9. The summed E-state index contributed by atoms with van der Waals surface area (Å²) in [5.41, 5.74) is 2.68. The number of unbranched alkanes of at least 4 members (excludes halogenated alkanes) is 3. The minimum atomic E-state index is -0.238. The summed E-state index contributed by atoms with van der Waals surface area (Å²) in [5.74, 6) is 2.21. The number of likely N-dealkylation sites (tertiary alicyclic amines) is 1. The van der Waals surface area contributed by atoms with Crippen LogP contribution in [0, 0.1) is 6.92 Å². The normalized spacial score (nSPS) is 13.6. The molecule has 9 nitrogen and oxygen atoms in total. The van der Waals surface area contributed by atoms with Crippen molar-refractivity contribution in [1.29, 1.82) is 0 Å². The van der Waals surface area contributed by atoms with Gasteiger partial charge in [-0.1, -0.05) is 33.1 Å². The summed E-state index contributed by atoms with van der Waals surface area (Å²) in [5, 5.41) is 8.63. The van der Waals surface area contributed by atoms with Crippen molar-refractivity contribution in [3.63, 3.8) is 0 Å². The summed E-state index contributed by atoms with van der Waals surface area (Å²) < 4.78 is 17.9. The Labute approximate surface area is 267 Å². The van der Waals surface area contributed by atoms with Crippen molar-refractivity contribution in [2.45, 2.75) is 71.8 Å². The van der Waals surface area contributed by atoms with Gasteiger partial charge in [0, 0.05) is 37.0 Å². The van der Waals surface area contributed by atoms with Crippen LogP contribution in [-0.4, -0.2) is 56.2 Å². The average molecular weight is 617 g/mol. The Morgan fingerprint density at radius 1 is 0.844 bits per heavy atom. The largest absolute Gasteiger partial charge is 0.494 e. The minimum absolute atomic E-state index is 0.201. The van der Waals surface area contributed by atoms with Gasteiger partial charge in [-0.05, 0) is 99.3 Å². The predicted octanol–water partition coefficient (Wildman–Crippen LogP) is 8.00. The van der Waals surface area contributed by atoms with Crippen LogP contribution in [0.2, 0.25) is 0 Å². The zero-order chi connectivity index (χ0) is 32.0. The highest BCUT2D eigenvalue weighted by molar-refractivity contribution is 6.05. The highest BCUT2D eigenvalue weighted by Crippen LogP contribution is 2.33. The van der Waals surface area contributed by atoms with Crippen molar-refractivity contribution >= 4 is 23.3 Å². The number of aryl methyl sites for hydroxylation is 1. The molecule has 0 spiro atoms. The molecular formula is C36H48N4O5. The van der Waals surface area contributed by atoms with Gasteiger partial charge >= 0.3 is 6.03 Å². The fraction of sp³-hybridized carbons (Fsp3) is 0.444. The number of benzene rings is 3. The number of amides is 3. The number of anilines is 2. The average Bonchev–Trinajstić information content (AvgIpc) is 3.05. The summed E-state index contributed by atoms with van der Waals surface area (Å²) in [6.45, 7) is 10.3. The zero-order valence-corrected chi connectivity index (χ0v) is 27.1. The van der Waals surface area contributed by atoms with Gasteiger partial charge in [-0.15, -0.1) is 0 Å². The van der Waals surface area contributed by atoms with Gasteiger partial charge in [0.15, 0.2) is 0 Å². The highest BCUT2D eigenvalue weighted by atomic mass is 16.5. The van der Waals surface area contributed by atoms with Gasteiger partial charge in [0.2, 0.25) is 0 Å². The van der Waals surface area contributed by atoms with E-state index >= 15 is 0 Å². The first-order valence-corrected chi connectivity index (χ1v) is 16.2. The number of methoxy groups -OCH3 is 1. The lowest BCUT2D eigenvalue weighted by molar-refractivity contribution is 0.0991. The third-order valence-electron chi connectivity index (χ3n) is 7.93. The highest BCUT2D eigenvalue weighted by Gasteiger charge is 2.21. The van der Waals surface area contributed by atoms with Gasteiger partial charge in [-0.2, -0.15) is 0 Å². The molecule has 1 heterocycles. The molecule has 242 valence electrons. The van der Waals surface area contributed by atoms with Gasteiger partial charge in [0.1, 0.15) is 29.1 Å². The first-order valence-electron chi connectivity index (χ1n) is 16.2. The second-order valence-corrected chi connectivity index (χ2v) is 11.5. The molecular weight excluding hydrogens is 568 g/mol. The fourth-order valence-corrected chi connectivity index (χ4v) is 5.26. The van der Waals surface area contributed by atoms with E-state index in [0.717, 1.165) is 56.5 Å². The number of hydrogen-bond donors (Lipinski definition) is 3. The van der Waals surface area contributed by atoms with Gasteiger partial charge < -0.3 is 35.1 Å². The monoisotopic (exact) mass is 616 g/mol. The number of hydrogen-bond acceptors (Lipinski definition) is 6. The smallest absolute Gasteiger partial charge is 0.319 e. The molecule has 1 fully saturated rings. The van der Waals surface area contributed by atoms with Gasteiger partial charge in [-0.3, -0.25) is 4.79 Å². The number of carbonyl (C=O) groups is 2. The third kappa shape index (κ3) is 10.4. The number of ether oxygens (including phenoxy) is 3. The Balaban J connectivity index is 1.29. The molecule has 0 aromatic heterocycles. The number of carbonyl (C=O) groups excluding carboxylic acids is 2. The van der Waals surface area contributed by atoms with E-state index in [4.69, 9.17) is 14.2 Å². The van der Waals surface area contributed by atoms with Crippen LogP contribution in [0.1, 0.15) is 74.7 Å². The van der Waals surface area contributed by atoms with Gasteiger partial charge in [0.05, 0.1) is 12.8 Å². The minimum Gasteiger partial charge on any atom is -0.494 e. The number of urea groups is 1. The molecule has 1 aliphatic heterocycles. The molecule has 1 saturated heterocycles. The zero-order valence-electron chi connectivity index (χ0n) is 27.1. The van der Waals surface area contributed by atoms with Crippen LogP contribution in [0.15, 0.2) is 60.7 Å². The summed E-state index contributed by atoms with van der Waals surface area (Å²) in [6.07, 6.45) is 7.86. The van der Waals surface area contributed by atoms with E-state index in [-0.39, 0.29) is 18.0 Å². The summed E-state index contributed by atoms with van der Waals surface area (Å²) in [7, 11) is 1.55. The molecule has 3 aromatic carbocycles. The molecule has 0 radical (unpaired) electrons. The van der Waals surface area contributed by atoms with Crippen molar-refractivity contribution in [1.82, 2.24) is 10.2 Å².